The summed E-state index contributed by atoms with van der Waals surface area (Å²) in [6.07, 6.45) is 1.81. The highest BCUT2D eigenvalue weighted by molar-refractivity contribution is 5.84. The molecule has 4 aromatic carbocycles. The topological polar surface area (TPSA) is 39.9 Å². The Morgan fingerprint density at radius 2 is 1.25 bits per heavy atom. The molecule has 0 atom stereocenters. The molecule has 0 saturated carbocycles. The van der Waals surface area contributed by atoms with Crippen LogP contribution in [-0.2, 0) is 0 Å². The number of aromatic nitrogens is 3. The first-order valence-electron chi connectivity index (χ1n) is 13.9. The van der Waals surface area contributed by atoms with Gasteiger partial charge in [0, 0.05) is 17.3 Å². The number of hydrogen-bond donors (Lipinski definition) is 0. The Balaban J connectivity index is 1.47. The molecule has 0 N–H and O–H groups in total. The summed E-state index contributed by atoms with van der Waals surface area (Å²) in [6, 6.07) is 37.3. The number of nitrogens with zero attached hydrogens (tertiary/aromatic N) is 3. The zero-order valence-corrected chi connectivity index (χ0v) is 23.4. The van der Waals surface area contributed by atoms with Gasteiger partial charge >= 0.3 is 0 Å². The molecule has 2 aromatic heterocycles. The van der Waals surface area contributed by atoms with E-state index in [9.17, 15) is 0 Å². The number of benzene rings is 4. The van der Waals surface area contributed by atoms with Gasteiger partial charge in [0.05, 0.1) is 22.4 Å². The second kappa shape index (κ2) is 10.8. The fraction of sp³-hybridized carbons (Fsp3) is 0.167. The van der Waals surface area contributed by atoms with Crippen LogP contribution in [0.2, 0.25) is 0 Å². The molecule has 0 aliphatic carbocycles. The number of rotatable bonds is 7. The number of pyridine rings is 1. The number of fused-ring (bicyclic) bond motifs is 1. The highest BCUT2D eigenvalue weighted by Crippen LogP contribution is 2.38. The molecule has 4 nitrogen and oxygen atoms in total. The molecule has 0 aliphatic heterocycles. The molecule has 40 heavy (non-hydrogen) atoms. The monoisotopic (exact) mass is 523 g/mol. The van der Waals surface area contributed by atoms with Gasteiger partial charge in [-0.15, -0.1) is 0 Å². The van der Waals surface area contributed by atoms with Gasteiger partial charge in [-0.2, -0.15) is 0 Å². The Morgan fingerprint density at radius 3 is 1.93 bits per heavy atom. The minimum atomic E-state index is 0.365. The third kappa shape index (κ3) is 4.89. The molecule has 2 heterocycles. The van der Waals surface area contributed by atoms with Crippen LogP contribution in [0.5, 0.6) is 11.5 Å². The molecule has 4 heteroatoms. The Morgan fingerprint density at radius 1 is 0.625 bits per heavy atom. The molecule has 6 aromatic rings. The van der Waals surface area contributed by atoms with Crippen molar-refractivity contribution in [3.8, 4) is 39.8 Å². The van der Waals surface area contributed by atoms with E-state index >= 15 is 0 Å². The van der Waals surface area contributed by atoms with Crippen molar-refractivity contribution in [1.82, 2.24) is 14.5 Å². The summed E-state index contributed by atoms with van der Waals surface area (Å²) < 4.78 is 8.73. The van der Waals surface area contributed by atoms with Gasteiger partial charge in [-0.05, 0) is 71.5 Å². The van der Waals surface area contributed by atoms with E-state index in [0.29, 0.717) is 11.8 Å². The first-order valence-corrected chi connectivity index (χ1v) is 13.9. The summed E-state index contributed by atoms with van der Waals surface area (Å²) in [5.74, 6) is 3.16. The fourth-order valence-corrected chi connectivity index (χ4v) is 5.30. The largest absolute Gasteiger partial charge is 0.457 e. The highest BCUT2D eigenvalue weighted by atomic mass is 16.5. The predicted octanol–water partition coefficient (Wildman–Crippen LogP) is 9.79. The Bertz CT molecular complexity index is 1760. The van der Waals surface area contributed by atoms with Gasteiger partial charge in [0.25, 0.3) is 0 Å². The molecule has 0 spiro atoms. The zero-order chi connectivity index (χ0) is 27.6. The average Bonchev–Trinajstić information content (AvgIpc) is 3.37. The predicted molar refractivity (Wildman–Crippen MR) is 164 cm³/mol. The van der Waals surface area contributed by atoms with Crippen molar-refractivity contribution in [3.63, 3.8) is 0 Å². The maximum absolute atomic E-state index is 6.38. The molecule has 0 amide bonds. The first-order chi connectivity index (χ1) is 19.5. The lowest BCUT2D eigenvalue weighted by Gasteiger charge is -2.22. The van der Waals surface area contributed by atoms with Gasteiger partial charge in [0.15, 0.2) is 0 Å². The zero-order valence-electron chi connectivity index (χ0n) is 23.4. The summed E-state index contributed by atoms with van der Waals surface area (Å²) in [4.78, 5) is 9.64. The molecular formula is C36H33N3O. The quantitative estimate of drug-likeness (QED) is 0.209. The van der Waals surface area contributed by atoms with Crippen LogP contribution < -0.4 is 4.74 Å². The minimum absolute atomic E-state index is 0.365. The number of para-hydroxylation sites is 3. The molecule has 6 rings (SSSR count). The summed E-state index contributed by atoms with van der Waals surface area (Å²) in [5.41, 5.74) is 8.86. The SMILES string of the molecule is CC(C)c1cccc(C(C)C)c1-n1c(-c2cccc(Oc3cccc(-c4ccccn4)c3)c2)nc2ccccc21. The maximum Gasteiger partial charge on any atom is 0.145 e. The second-order valence-electron chi connectivity index (χ2n) is 10.7. The number of hydrogen-bond acceptors (Lipinski definition) is 3. The smallest absolute Gasteiger partial charge is 0.145 e. The Hall–Kier alpha value is -4.70. The molecule has 0 fully saturated rings. The molecule has 0 radical (unpaired) electrons. The van der Waals surface area contributed by atoms with Crippen LogP contribution in [0, 0.1) is 0 Å². The summed E-state index contributed by atoms with van der Waals surface area (Å²) in [7, 11) is 0. The first kappa shape index (κ1) is 25.6. The van der Waals surface area contributed by atoms with Gasteiger partial charge in [-0.25, -0.2) is 4.98 Å². The third-order valence-corrected chi connectivity index (χ3v) is 7.25. The van der Waals surface area contributed by atoms with Crippen LogP contribution in [0.15, 0.2) is 115 Å². The fourth-order valence-electron chi connectivity index (χ4n) is 5.30. The lowest BCUT2D eigenvalue weighted by molar-refractivity contribution is 0.483. The van der Waals surface area contributed by atoms with E-state index in [-0.39, 0.29) is 0 Å². The summed E-state index contributed by atoms with van der Waals surface area (Å²) >= 11 is 0. The summed E-state index contributed by atoms with van der Waals surface area (Å²) in [6.45, 7) is 9.04. The van der Waals surface area contributed by atoms with Gasteiger partial charge in [0.2, 0.25) is 0 Å². The number of ether oxygens (including phenoxy) is 1. The van der Waals surface area contributed by atoms with Gasteiger partial charge in [-0.3, -0.25) is 9.55 Å². The third-order valence-electron chi connectivity index (χ3n) is 7.25. The molecule has 0 saturated heterocycles. The van der Waals surface area contributed by atoms with E-state index in [1.165, 1.54) is 16.8 Å². The van der Waals surface area contributed by atoms with Gasteiger partial charge < -0.3 is 4.74 Å². The molecule has 0 unspecified atom stereocenters. The van der Waals surface area contributed by atoms with Crippen molar-refractivity contribution in [2.75, 3.05) is 0 Å². The van der Waals surface area contributed by atoms with E-state index in [4.69, 9.17) is 9.72 Å². The second-order valence-corrected chi connectivity index (χ2v) is 10.7. The van der Waals surface area contributed by atoms with E-state index in [1.54, 1.807) is 6.20 Å². The molecule has 0 aliphatic rings. The Labute approximate surface area is 236 Å². The van der Waals surface area contributed by atoms with Crippen LogP contribution in [-0.4, -0.2) is 14.5 Å². The van der Waals surface area contributed by atoms with Crippen molar-refractivity contribution < 1.29 is 4.74 Å². The van der Waals surface area contributed by atoms with Gasteiger partial charge in [-0.1, -0.05) is 88.4 Å². The van der Waals surface area contributed by atoms with Crippen LogP contribution in [0.25, 0.3) is 39.4 Å². The normalized spacial score (nSPS) is 11.4. The van der Waals surface area contributed by atoms with Crippen LogP contribution >= 0.6 is 0 Å². The van der Waals surface area contributed by atoms with Crippen molar-refractivity contribution >= 4 is 11.0 Å². The lowest BCUT2D eigenvalue weighted by Crippen LogP contribution is -2.08. The van der Waals surface area contributed by atoms with Crippen molar-refractivity contribution in [3.05, 3.63) is 127 Å². The van der Waals surface area contributed by atoms with E-state index in [0.717, 1.165) is 45.2 Å². The summed E-state index contributed by atoms with van der Waals surface area (Å²) in [5, 5.41) is 0. The molecule has 0 bridgehead atoms. The number of imidazole rings is 1. The van der Waals surface area contributed by atoms with Crippen molar-refractivity contribution in [2.45, 2.75) is 39.5 Å². The van der Waals surface area contributed by atoms with E-state index in [1.807, 2.05) is 54.6 Å². The van der Waals surface area contributed by atoms with Crippen LogP contribution in [0.1, 0.15) is 50.7 Å². The highest BCUT2D eigenvalue weighted by Gasteiger charge is 2.22. The van der Waals surface area contributed by atoms with Gasteiger partial charge in [0.1, 0.15) is 17.3 Å². The van der Waals surface area contributed by atoms with E-state index in [2.05, 4.69) is 91.8 Å². The van der Waals surface area contributed by atoms with Crippen molar-refractivity contribution in [2.24, 2.45) is 0 Å². The standard InChI is InChI=1S/C36H33N3O/c1-24(2)30-16-11-17-31(25(3)4)35(30)39-34-20-6-5-19-33(34)38-36(39)27-13-10-15-29(23-27)40-28-14-9-12-26(22-28)32-18-7-8-21-37-32/h5-25H,1-4H3. The lowest BCUT2D eigenvalue weighted by atomic mass is 9.92. The van der Waals surface area contributed by atoms with E-state index < -0.39 is 0 Å². The van der Waals surface area contributed by atoms with Crippen LogP contribution in [0.4, 0.5) is 0 Å². The average molecular weight is 524 g/mol. The van der Waals surface area contributed by atoms with Crippen LogP contribution in [0.3, 0.4) is 0 Å². The Kier molecular flexibility index (Phi) is 6.91. The molecule has 198 valence electrons. The maximum atomic E-state index is 6.38. The molecular weight excluding hydrogens is 490 g/mol. The minimum Gasteiger partial charge on any atom is -0.457 e. The van der Waals surface area contributed by atoms with Crippen molar-refractivity contribution in [1.29, 1.82) is 0 Å².